The number of aromatic nitrogens is 1. The minimum atomic E-state index is -0.730. The van der Waals surface area contributed by atoms with Crippen LogP contribution in [-0.2, 0) is 11.3 Å². The molecule has 2 heterocycles. The minimum absolute atomic E-state index is 0.0121. The van der Waals surface area contributed by atoms with E-state index in [2.05, 4.69) is 25.8 Å². The number of benzene rings is 1. The average molecular weight is 435 g/mol. The molecule has 2 fully saturated rings. The Bertz CT molecular complexity index is 822. The number of rotatable bonds is 6. The molecule has 0 bridgehead atoms. The normalized spacial score (nSPS) is 19.8. The van der Waals surface area contributed by atoms with Crippen LogP contribution < -0.4 is 5.32 Å². The number of hydrogen-bond acceptors (Lipinski definition) is 3. The van der Waals surface area contributed by atoms with Crippen molar-refractivity contribution in [3.05, 3.63) is 34.4 Å². The number of carbonyl (C=O) groups excluding carboxylic acids is 1. The quantitative estimate of drug-likeness (QED) is 0.724. The van der Waals surface area contributed by atoms with E-state index in [1.165, 1.54) is 32.1 Å². The summed E-state index contributed by atoms with van der Waals surface area (Å²) in [5.41, 5.74) is 0.979. The van der Waals surface area contributed by atoms with Gasteiger partial charge in [-0.05, 0) is 37.3 Å². The summed E-state index contributed by atoms with van der Waals surface area (Å²) in [4.78, 5) is 12.9. The van der Waals surface area contributed by atoms with Gasteiger partial charge in [0.05, 0.1) is 18.8 Å². The van der Waals surface area contributed by atoms with E-state index in [0.29, 0.717) is 37.7 Å². The molecule has 1 aromatic heterocycles. The monoisotopic (exact) mass is 434 g/mol. The lowest BCUT2D eigenvalue weighted by atomic mass is 9.89. The molecule has 2 aliphatic rings. The summed E-state index contributed by atoms with van der Waals surface area (Å²) >= 11 is 3.61. The lowest BCUT2D eigenvalue weighted by Crippen LogP contribution is -2.50. The van der Waals surface area contributed by atoms with E-state index in [9.17, 15) is 9.90 Å². The standard InChI is InChI=1S/C21H27BrN2O3/c22-17-7-4-8-18-19(17)16(12-24(18)10-9-21(26)13-27-14-21)20(25)23-11-15-5-2-1-3-6-15/h4,7-8,12,15,26H,1-3,5-6,9-11,13-14H2,(H,23,25). The van der Waals surface area contributed by atoms with E-state index in [-0.39, 0.29) is 5.91 Å². The number of nitrogens with zero attached hydrogens (tertiary/aromatic N) is 1. The minimum Gasteiger partial charge on any atom is -0.385 e. The highest BCUT2D eigenvalue weighted by atomic mass is 79.9. The molecule has 6 heteroatoms. The Morgan fingerprint density at radius 3 is 2.78 bits per heavy atom. The number of aryl methyl sites for hydroxylation is 1. The number of hydrogen-bond donors (Lipinski definition) is 2. The molecule has 1 aromatic carbocycles. The summed E-state index contributed by atoms with van der Waals surface area (Å²) in [7, 11) is 0. The van der Waals surface area contributed by atoms with Gasteiger partial charge in [-0.15, -0.1) is 0 Å². The van der Waals surface area contributed by atoms with Crippen LogP contribution >= 0.6 is 15.9 Å². The van der Waals surface area contributed by atoms with Crippen molar-refractivity contribution in [2.75, 3.05) is 19.8 Å². The van der Waals surface area contributed by atoms with Crippen molar-refractivity contribution in [3.8, 4) is 0 Å². The van der Waals surface area contributed by atoms with Crippen molar-refractivity contribution < 1.29 is 14.6 Å². The third-order valence-electron chi connectivity index (χ3n) is 5.94. The second-order valence-electron chi connectivity index (χ2n) is 8.05. The third kappa shape index (κ3) is 4.08. The zero-order chi connectivity index (χ0) is 18.9. The SMILES string of the molecule is O=C(NCC1CCCCC1)c1cn(CCC2(O)COC2)c2cccc(Br)c12. The van der Waals surface area contributed by atoms with Gasteiger partial charge in [0.1, 0.15) is 5.60 Å². The zero-order valence-electron chi connectivity index (χ0n) is 15.5. The smallest absolute Gasteiger partial charge is 0.253 e. The van der Waals surface area contributed by atoms with Crippen molar-refractivity contribution in [1.82, 2.24) is 9.88 Å². The number of nitrogens with one attached hydrogen (secondary N) is 1. The molecule has 27 heavy (non-hydrogen) atoms. The summed E-state index contributed by atoms with van der Waals surface area (Å²) in [6.07, 6.45) is 8.85. The van der Waals surface area contributed by atoms with Gasteiger partial charge in [-0.3, -0.25) is 4.79 Å². The number of ether oxygens (including phenoxy) is 1. The molecule has 0 spiro atoms. The Kier molecular flexibility index (Phi) is 5.58. The van der Waals surface area contributed by atoms with Gasteiger partial charge in [0, 0.05) is 34.7 Å². The highest BCUT2D eigenvalue weighted by molar-refractivity contribution is 9.10. The molecule has 1 saturated heterocycles. The number of amides is 1. The van der Waals surface area contributed by atoms with E-state index in [4.69, 9.17) is 4.74 Å². The van der Waals surface area contributed by atoms with E-state index in [0.717, 1.165) is 21.9 Å². The Balaban J connectivity index is 1.53. The molecule has 1 aliphatic heterocycles. The van der Waals surface area contributed by atoms with Crippen LogP contribution in [0.15, 0.2) is 28.9 Å². The first kappa shape index (κ1) is 19.0. The van der Waals surface area contributed by atoms with Crippen molar-refractivity contribution in [1.29, 1.82) is 0 Å². The zero-order valence-corrected chi connectivity index (χ0v) is 17.1. The molecular weight excluding hydrogens is 408 g/mol. The molecule has 5 nitrogen and oxygen atoms in total. The molecule has 0 atom stereocenters. The van der Waals surface area contributed by atoms with E-state index < -0.39 is 5.60 Å². The van der Waals surface area contributed by atoms with Gasteiger partial charge in [-0.25, -0.2) is 0 Å². The van der Waals surface area contributed by atoms with Crippen molar-refractivity contribution in [3.63, 3.8) is 0 Å². The molecule has 1 amide bonds. The topological polar surface area (TPSA) is 63.5 Å². The van der Waals surface area contributed by atoms with Gasteiger partial charge < -0.3 is 19.7 Å². The van der Waals surface area contributed by atoms with Gasteiger partial charge in [0.2, 0.25) is 0 Å². The largest absolute Gasteiger partial charge is 0.385 e. The van der Waals surface area contributed by atoms with E-state index in [1.807, 2.05) is 24.4 Å². The Morgan fingerprint density at radius 1 is 1.30 bits per heavy atom. The molecule has 146 valence electrons. The van der Waals surface area contributed by atoms with Crippen molar-refractivity contribution in [2.24, 2.45) is 5.92 Å². The second-order valence-corrected chi connectivity index (χ2v) is 8.91. The summed E-state index contributed by atoms with van der Waals surface area (Å²) in [5.74, 6) is 0.592. The van der Waals surface area contributed by atoms with Crippen molar-refractivity contribution in [2.45, 2.75) is 50.7 Å². The fourth-order valence-electron chi connectivity index (χ4n) is 4.20. The van der Waals surface area contributed by atoms with Crippen molar-refractivity contribution >= 4 is 32.7 Å². The fourth-order valence-corrected chi connectivity index (χ4v) is 4.77. The van der Waals surface area contributed by atoms with Gasteiger partial charge >= 0.3 is 0 Å². The van der Waals surface area contributed by atoms with Gasteiger partial charge in [-0.2, -0.15) is 0 Å². The lowest BCUT2D eigenvalue weighted by molar-refractivity contribution is -0.182. The van der Waals surface area contributed by atoms with E-state index in [1.54, 1.807) is 0 Å². The van der Waals surface area contributed by atoms with Crippen LogP contribution in [0.2, 0.25) is 0 Å². The maximum Gasteiger partial charge on any atom is 0.253 e. The number of halogens is 1. The molecule has 4 rings (SSSR count). The lowest BCUT2D eigenvalue weighted by Gasteiger charge is -2.36. The maximum absolute atomic E-state index is 12.9. The predicted molar refractivity (Wildman–Crippen MR) is 109 cm³/mol. The van der Waals surface area contributed by atoms with Gasteiger partial charge in [0.25, 0.3) is 5.91 Å². The van der Waals surface area contributed by atoms with Crippen LogP contribution in [0.25, 0.3) is 10.9 Å². The first-order valence-corrected chi connectivity index (χ1v) is 10.7. The Labute approximate surface area is 168 Å². The van der Waals surface area contributed by atoms with Crippen LogP contribution in [0.3, 0.4) is 0 Å². The first-order valence-electron chi connectivity index (χ1n) is 9.91. The number of fused-ring (bicyclic) bond motifs is 1. The Morgan fingerprint density at radius 2 is 2.07 bits per heavy atom. The first-order chi connectivity index (χ1) is 13.1. The summed E-state index contributed by atoms with van der Waals surface area (Å²) in [6.45, 7) is 2.20. The number of aliphatic hydroxyl groups is 1. The molecule has 0 radical (unpaired) electrons. The fraction of sp³-hybridized carbons (Fsp3) is 0.571. The van der Waals surface area contributed by atoms with Crippen LogP contribution in [-0.4, -0.2) is 40.9 Å². The summed E-state index contributed by atoms with van der Waals surface area (Å²) in [6, 6.07) is 5.98. The van der Waals surface area contributed by atoms with Gasteiger partial charge in [0.15, 0.2) is 0 Å². The predicted octanol–water partition coefficient (Wildman–Crippen LogP) is 3.87. The van der Waals surface area contributed by atoms with Crippen LogP contribution in [0.1, 0.15) is 48.9 Å². The second kappa shape index (κ2) is 7.94. The van der Waals surface area contributed by atoms with E-state index >= 15 is 0 Å². The molecule has 1 aliphatic carbocycles. The molecule has 1 saturated carbocycles. The highest BCUT2D eigenvalue weighted by Gasteiger charge is 2.35. The van der Waals surface area contributed by atoms with Gasteiger partial charge in [-0.1, -0.05) is 41.3 Å². The summed E-state index contributed by atoms with van der Waals surface area (Å²) < 4.78 is 8.13. The molecule has 2 aromatic rings. The summed E-state index contributed by atoms with van der Waals surface area (Å²) in [5, 5.41) is 14.4. The van der Waals surface area contributed by atoms with Crippen LogP contribution in [0.5, 0.6) is 0 Å². The molecular formula is C21H27BrN2O3. The average Bonchev–Trinajstić information content (AvgIpc) is 3.04. The maximum atomic E-state index is 12.9. The number of carbonyl (C=O) groups is 1. The molecule has 0 unspecified atom stereocenters. The van der Waals surface area contributed by atoms with Crippen LogP contribution in [0, 0.1) is 5.92 Å². The Hall–Kier alpha value is -1.37. The highest BCUT2D eigenvalue weighted by Crippen LogP contribution is 2.31. The molecule has 2 N–H and O–H groups in total. The third-order valence-corrected chi connectivity index (χ3v) is 6.60. The van der Waals surface area contributed by atoms with Crippen LogP contribution in [0.4, 0.5) is 0 Å².